The number of esters is 1. The minimum Gasteiger partial charge on any atom is -0.486 e. The van der Waals surface area contributed by atoms with E-state index in [1.807, 2.05) is 0 Å². The minimum atomic E-state index is -2.94. The van der Waals surface area contributed by atoms with Crippen molar-refractivity contribution in [3.8, 4) is 17.2 Å². The predicted octanol–water partition coefficient (Wildman–Crippen LogP) is 3.20. The third kappa shape index (κ3) is 6.66. The molecule has 1 amide bonds. The Bertz CT molecular complexity index is 947. The third-order valence-corrected chi connectivity index (χ3v) is 4.15. The second-order valence-electron chi connectivity index (χ2n) is 6.39. The molecule has 0 atom stereocenters. The van der Waals surface area contributed by atoms with Crippen LogP contribution in [0.25, 0.3) is 0 Å². The van der Waals surface area contributed by atoms with E-state index in [1.54, 1.807) is 18.2 Å². The van der Waals surface area contributed by atoms with E-state index < -0.39 is 25.1 Å². The Kier molecular flexibility index (Phi) is 7.36. The summed E-state index contributed by atoms with van der Waals surface area (Å²) in [5.41, 5.74) is 0.700. The van der Waals surface area contributed by atoms with E-state index in [1.165, 1.54) is 24.3 Å². The number of ketones is 1. The number of rotatable bonds is 9. The average Bonchev–Trinajstić information content (AvgIpc) is 2.76. The summed E-state index contributed by atoms with van der Waals surface area (Å²) >= 11 is 0. The fourth-order valence-electron chi connectivity index (χ4n) is 2.71. The van der Waals surface area contributed by atoms with Crippen molar-refractivity contribution in [2.24, 2.45) is 0 Å². The van der Waals surface area contributed by atoms with E-state index >= 15 is 0 Å². The lowest BCUT2D eigenvalue weighted by molar-refractivity contribution is -0.147. The smallest absolute Gasteiger partial charge is 0.387 e. The summed E-state index contributed by atoms with van der Waals surface area (Å²) in [6.45, 7) is -2.65. The van der Waals surface area contributed by atoms with E-state index in [0.29, 0.717) is 36.0 Å². The zero-order chi connectivity index (χ0) is 22.2. The Balaban J connectivity index is 1.39. The summed E-state index contributed by atoms with van der Waals surface area (Å²) in [6, 6.07) is 10.0. The molecule has 2 aromatic rings. The van der Waals surface area contributed by atoms with Gasteiger partial charge < -0.3 is 24.3 Å². The van der Waals surface area contributed by atoms with Crippen LogP contribution in [0.15, 0.2) is 42.5 Å². The van der Waals surface area contributed by atoms with E-state index in [9.17, 15) is 23.2 Å². The summed E-state index contributed by atoms with van der Waals surface area (Å²) in [5, 5.41) is 2.45. The number of fused-ring (bicyclic) bond motifs is 1. The zero-order valence-corrected chi connectivity index (χ0v) is 16.3. The summed E-state index contributed by atoms with van der Waals surface area (Å²) in [6.07, 6.45) is -0.286. The molecule has 1 heterocycles. The van der Waals surface area contributed by atoms with Crippen LogP contribution in [-0.4, -0.2) is 44.1 Å². The lowest BCUT2D eigenvalue weighted by atomic mass is 10.1. The molecule has 0 spiro atoms. The summed E-state index contributed by atoms with van der Waals surface area (Å²) in [7, 11) is 0. The highest BCUT2D eigenvalue weighted by molar-refractivity contribution is 5.98. The quantitative estimate of drug-likeness (QED) is 0.477. The van der Waals surface area contributed by atoms with Crippen molar-refractivity contribution in [2.45, 2.75) is 19.5 Å². The van der Waals surface area contributed by atoms with Crippen LogP contribution < -0.4 is 19.5 Å². The van der Waals surface area contributed by atoms with Crippen molar-refractivity contribution in [1.29, 1.82) is 0 Å². The maximum absolute atomic E-state index is 12.3. The number of ether oxygens (including phenoxy) is 4. The van der Waals surface area contributed by atoms with E-state index in [2.05, 4.69) is 10.1 Å². The first kappa shape index (κ1) is 22.0. The minimum absolute atomic E-state index is 0.0536. The van der Waals surface area contributed by atoms with Crippen LogP contribution in [0.5, 0.6) is 17.2 Å². The van der Waals surface area contributed by atoms with Crippen LogP contribution in [0.2, 0.25) is 0 Å². The monoisotopic (exact) mass is 435 g/mol. The number of carbonyl (C=O) groups is 3. The molecule has 3 rings (SSSR count). The van der Waals surface area contributed by atoms with Gasteiger partial charge >= 0.3 is 12.6 Å². The first-order valence-electron chi connectivity index (χ1n) is 9.34. The molecule has 31 heavy (non-hydrogen) atoms. The number of carbonyl (C=O) groups excluding carboxylic acids is 3. The largest absolute Gasteiger partial charge is 0.486 e. The molecular weight excluding hydrogens is 416 g/mol. The van der Waals surface area contributed by atoms with Crippen molar-refractivity contribution in [3.63, 3.8) is 0 Å². The molecule has 10 heteroatoms. The van der Waals surface area contributed by atoms with Gasteiger partial charge in [-0.1, -0.05) is 0 Å². The van der Waals surface area contributed by atoms with Gasteiger partial charge in [0, 0.05) is 17.7 Å². The van der Waals surface area contributed by atoms with Crippen LogP contribution in [0.1, 0.15) is 23.2 Å². The van der Waals surface area contributed by atoms with Crippen molar-refractivity contribution in [1.82, 2.24) is 0 Å². The number of benzene rings is 2. The van der Waals surface area contributed by atoms with Gasteiger partial charge in [-0.25, -0.2) is 0 Å². The van der Waals surface area contributed by atoms with E-state index in [-0.39, 0.29) is 24.4 Å². The molecule has 8 nitrogen and oxygen atoms in total. The summed E-state index contributed by atoms with van der Waals surface area (Å²) in [5.74, 6) is -0.614. The van der Waals surface area contributed by atoms with Gasteiger partial charge in [-0.3, -0.25) is 14.4 Å². The number of nitrogens with one attached hydrogen (secondary N) is 1. The fraction of sp³-hybridized carbons (Fsp3) is 0.286. The standard InChI is InChI=1S/C21H19F2NO7/c22-21(23)31-15-4-2-14(3-5-15)24-19(26)12-30-20(27)8-6-16(25)13-1-7-17-18(11-13)29-10-9-28-17/h1-5,7,11,21H,6,8-10,12H2,(H,24,26). The van der Waals surface area contributed by atoms with Crippen molar-refractivity contribution >= 4 is 23.3 Å². The molecular formula is C21H19F2NO7. The van der Waals surface area contributed by atoms with Gasteiger partial charge in [-0.15, -0.1) is 0 Å². The number of halogens is 2. The van der Waals surface area contributed by atoms with E-state index in [0.717, 1.165) is 0 Å². The molecule has 0 fully saturated rings. The Labute approximate surface area is 176 Å². The predicted molar refractivity (Wildman–Crippen MR) is 104 cm³/mol. The van der Waals surface area contributed by atoms with E-state index in [4.69, 9.17) is 14.2 Å². The second-order valence-corrected chi connectivity index (χ2v) is 6.39. The molecule has 0 saturated carbocycles. The Hall–Kier alpha value is -3.69. The van der Waals surface area contributed by atoms with Gasteiger partial charge in [0.2, 0.25) is 0 Å². The number of anilines is 1. The SMILES string of the molecule is O=C(COC(=O)CCC(=O)c1ccc2c(c1)OCCO2)Nc1ccc(OC(F)F)cc1. The van der Waals surface area contributed by atoms with Gasteiger partial charge in [-0.05, 0) is 42.5 Å². The zero-order valence-electron chi connectivity index (χ0n) is 16.3. The fourth-order valence-corrected chi connectivity index (χ4v) is 2.71. The molecule has 1 N–H and O–H groups in total. The molecule has 0 bridgehead atoms. The van der Waals surface area contributed by atoms with Crippen LogP contribution >= 0.6 is 0 Å². The van der Waals surface area contributed by atoms with Gasteiger partial charge in [0.15, 0.2) is 23.9 Å². The maximum Gasteiger partial charge on any atom is 0.387 e. The summed E-state index contributed by atoms with van der Waals surface area (Å²) in [4.78, 5) is 35.9. The van der Waals surface area contributed by atoms with Crippen LogP contribution in [0.3, 0.4) is 0 Å². The van der Waals surface area contributed by atoms with Crippen molar-refractivity contribution in [2.75, 3.05) is 25.1 Å². The lowest BCUT2D eigenvalue weighted by Crippen LogP contribution is -2.21. The highest BCUT2D eigenvalue weighted by Gasteiger charge is 2.16. The maximum atomic E-state index is 12.3. The Morgan fingerprint density at radius 3 is 2.39 bits per heavy atom. The molecule has 0 saturated heterocycles. The molecule has 0 aliphatic carbocycles. The Morgan fingerprint density at radius 1 is 0.968 bits per heavy atom. The van der Waals surface area contributed by atoms with Gasteiger partial charge in [0.1, 0.15) is 19.0 Å². The highest BCUT2D eigenvalue weighted by atomic mass is 19.3. The first-order chi connectivity index (χ1) is 14.9. The van der Waals surface area contributed by atoms with Gasteiger partial charge in [0.25, 0.3) is 5.91 Å². The average molecular weight is 435 g/mol. The first-order valence-corrected chi connectivity index (χ1v) is 9.34. The number of hydrogen-bond acceptors (Lipinski definition) is 7. The van der Waals surface area contributed by atoms with Crippen LogP contribution in [0.4, 0.5) is 14.5 Å². The normalized spacial score (nSPS) is 12.2. The molecule has 0 radical (unpaired) electrons. The molecule has 1 aliphatic rings. The molecule has 0 aromatic heterocycles. The topological polar surface area (TPSA) is 100 Å². The number of amides is 1. The van der Waals surface area contributed by atoms with Crippen LogP contribution in [-0.2, 0) is 14.3 Å². The lowest BCUT2D eigenvalue weighted by Gasteiger charge is -2.18. The highest BCUT2D eigenvalue weighted by Crippen LogP contribution is 2.31. The summed E-state index contributed by atoms with van der Waals surface area (Å²) < 4.78 is 44.1. The van der Waals surface area contributed by atoms with Gasteiger partial charge in [-0.2, -0.15) is 8.78 Å². The second kappa shape index (κ2) is 10.4. The molecule has 2 aromatic carbocycles. The van der Waals surface area contributed by atoms with Crippen molar-refractivity contribution in [3.05, 3.63) is 48.0 Å². The Morgan fingerprint density at radius 2 is 1.68 bits per heavy atom. The number of alkyl halides is 2. The van der Waals surface area contributed by atoms with Crippen molar-refractivity contribution < 1.29 is 42.1 Å². The molecule has 1 aliphatic heterocycles. The number of hydrogen-bond donors (Lipinski definition) is 1. The van der Waals surface area contributed by atoms with Gasteiger partial charge in [0.05, 0.1) is 6.42 Å². The number of Topliss-reactive ketones (excluding diaryl/α,β-unsaturated/α-hetero) is 1. The molecule has 164 valence electrons. The third-order valence-electron chi connectivity index (χ3n) is 4.15. The molecule has 0 unspecified atom stereocenters. The van der Waals surface area contributed by atoms with Crippen LogP contribution in [0, 0.1) is 0 Å².